The number of halogens is 1. The molecule has 0 aliphatic carbocycles. The maximum absolute atomic E-state index is 12.9. The molecule has 27 heavy (non-hydrogen) atoms. The lowest BCUT2D eigenvalue weighted by Crippen LogP contribution is -2.21. The zero-order valence-corrected chi connectivity index (χ0v) is 15.2. The first-order chi connectivity index (χ1) is 12.9. The number of anilines is 1. The summed E-state index contributed by atoms with van der Waals surface area (Å²) in [5.74, 6) is -0.239. The van der Waals surface area contributed by atoms with Crippen molar-refractivity contribution in [3.05, 3.63) is 53.8 Å². The van der Waals surface area contributed by atoms with Crippen molar-refractivity contribution in [2.45, 2.75) is 13.3 Å². The fourth-order valence-corrected chi connectivity index (χ4v) is 2.20. The molecule has 0 saturated heterocycles. The minimum absolute atomic E-state index is 0.0242. The van der Waals surface area contributed by atoms with Gasteiger partial charge in [0.25, 0.3) is 5.91 Å². The first kappa shape index (κ1) is 19.9. The summed E-state index contributed by atoms with van der Waals surface area (Å²) in [7, 11) is 2.98. The molecule has 142 valence electrons. The predicted octanol–water partition coefficient (Wildman–Crippen LogP) is 2.98. The van der Waals surface area contributed by atoms with Crippen LogP contribution in [0.5, 0.6) is 11.5 Å². The largest absolute Gasteiger partial charge is 0.493 e. The van der Waals surface area contributed by atoms with Crippen molar-refractivity contribution < 1.29 is 23.5 Å². The molecule has 0 saturated carbocycles. The monoisotopic (exact) mass is 373 g/mol. The van der Waals surface area contributed by atoms with E-state index in [1.54, 1.807) is 19.1 Å². The van der Waals surface area contributed by atoms with E-state index in [0.29, 0.717) is 28.5 Å². The Kier molecular flexibility index (Phi) is 6.87. The van der Waals surface area contributed by atoms with Crippen LogP contribution in [0.3, 0.4) is 0 Å². The number of nitrogens with zero attached hydrogens (tertiary/aromatic N) is 1. The van der Waals surface area contributed by atoms with E-state index in [1.165, 1.54) is 44.6 Å². The molecule has 2 amide bonds. The van der Waals surface area contributed by atoms with Gasteiger partial charge in [-0.15, -0.1) is 0 Å². The van der Waals surface area contributed by atoms with Gasteiger partial charge in [-0.3, -0.25) is 9.59 Å². The highest BCUT2D eigenvalue weighted by Crippen LogP contribution is 2.27. The molecule has 0 aliphatic heterocycles. The number of ether oxygens (including phenoxy) is 2. The van der Waals surface area contributed by atoms with Crippen LogP contribution in [0.2, 0.25) is 0 Å². The minimum Gasteiger partial charge on any atom is -0.493 e. The van der Waals surface area contributed by atoms with Crippen LogP contribution in [0.25, 0.3) is 0 Å². The molecular formula is C19H20FN3O4. The molecule has 0 aliphatic rings. The number of carbonyl (C=O) groups excluding carboxylic acids is 2. The van der Waals surface area contributed by atoms with Crippen molar-refractivity contribution in [3.63, 3.8) is 0 Å². The number of hydrogen-bond acceptors (Lipinski definition) is 5. The van der Waals surface area contributed by atoms with Gasteiger partial charge >= 0.3 is 0 Å². The summed E-state index contributed by atoms with van der Waals surface area (Å²) in [4.78, 5) is 24.1. The Morgan fingerprint density at radius 1 is 1.04 bits per heavy atom. The maximum Gasteiger partial charge on any atom is 0.271 e. The van der Waals surface area contributed by atoms with Gasteiger partial charge in [0.2, 0.25) is 5.91 Å². The van der Waals surface area contributed by atoms with Gasteiger partial charge in [0.1, 0.15) is 5.82 Å². The molecule has 0 fully saturated rings. The van der Waals surface area contributed by atoms with E-state index in [1.807, 2.05) is 0 Å². The second kappa shape index (κ2) is 9.33. The SMILES string of the molecule is COc1ccc(C(=O)N/N=C(/C)CC(=O)Nc2ccc(F)cc2)cc1OC. The molecule has 0 spiro atoms. The van der Waals surface area contributed by atoms with Crippen LogP contribution in [-0.4, -0.2) is 31.7 Å². The third kappa shape index (κ3) is 5.81. The van der Waals surface area contributed by atoms with Crippen LogP contribution < -0.4 is 20.2 Å². The third-order valence-corrected chi connectivity index (χ3v) is 3.54. The Labute approximate surface area is 156 Å². The van der Waals surface area contributed by atoms with Crippen LogP contribution in [0.15, 0.2) is 47.6 Å². The number of hydrogen-bond donors (Lipinski definition) is 2. The first-order valence-electron chi connectivity index (χ1n) is 8.04. The van der Waals surface area contributed by atoms with Crippen LogP contribution in [0.1, 0.15) is 23.7 Å². The van der Waals surface area contributed by atoms with Crippen molar-refractivity contribution in [3.8, 4) is 11.5 Å². The third-order valence-electron chi connectivity index (χ3n) is 3.54. The lowest BCUT2D eigenvalue weighted by Gasteiger charge is -2.09. The zero-order valence-electron chi connectivity index (χ0n) is 15.2. The standard InChI is InChI=1S/C19H20FN3O4/c1-12(10-18(24)21-15-7-5-14(20)6-8-15)22-23-19(25)13-4-9-16(26-2)17(11-13)27-3/h4-9,11H,10H2,1-3H3,(H,21,24)(H,23,25)/b22-12-. The molecular weight excluding hydrogens is 353 g/mol. The van der Waals surface area contributed by atoms with E-state index < -0.39 is 5.91 Å². The van der Waals surface area contributed by atoms with Gasteiger partial charge in [0, 0.05) is 17.0 Å². The summed E-state index contributed by atoms with van der Waals surface area (Å²) in [5.41, 5.74) is 3.60. The number of nitrogens with one attached hydrogen (secondary N) is 2. The van der Waals surface area contributed by atoms with Gasteiger partial charge in [-0.2, -0.15) is 5.10 Å². The normalized spacial score (nSPS) is 10.9. The second-order valence-electron chi connectivity index (χ2n) is 5.59. The average Bonchev–Trinajstić information content (AvgIpc) is 2.67. The highest BCUT2D eigenvalue weighted by atomic mass is 19.1. The molecule has 0 heterocycles. The molecule has 2 N–H and O–H groups in total. The molecule has 2 aromatic rings. The van der Waals surface area contributed by atoms with Gasteiger partial charge < -0.3 is 14.8 Å². The average molecular weight is 373 g/mol. The van der Waals surface area contributed by atoms with Crippen molar-refractivity contribution in [2.24, 2.45) is 5.10 Å². The number of methoxy groups -OCH3 is 2. The number of rotatable bonds is 7. The predicted molar refractivity (Wildman–Crippen MR) is 99.8 cm³/mol. The summed E-state index contributed by atoms with van der Waals surface area (Å²) >= 11 is 0. The Balaban J connectivity index is 1.93. The van der Waals surface area contributed by atoms with Crippen LogP contribution >= 0.6 is 0 Å². The Bertz CT molecular complexity index is 851. The van der Waals surface area contributed by atoms with E-state index in [9.17, 15) is 14.0 Å². The van der Waals surface area contributed by atoms with E-state index in [4.69, 9.17) is 9.47 Å². The number of hydrazone groups is 1. The van der Waals surface area contributed by atoms with E-state index in [2.05, 4.69) is 15.8 Å². The Morgan fingerprint density at radius 3 is 2.33 bits per heavy atom. The number of carbonyl (C=O) groups is 2. The molecule has 8 heteroatoms. The van der Waals surface area contributed by atoms with E-state index in [0.717, 1.165) is 0 Å². The summed E-state index contributed by atoms with van der Waals surface area (Å²) in [5, 5.41) is 6.54. The zero-order chi connectivity index (χ0) is 19.8. The van der Waals surface area contributed by atoms with Crippen molar-refractivity contribution in [1.82, 2.24) is 5.43 Å². The smallest absolute Gasteiger partial charge is 0.271 e. The van der Waals surface area contributed by atoms with Crippen molar-refractivity contribution in [2.75, 3.05) is 19.5 Å². The highest BCUT2D eigenvalue weighted by Gasteiger charge is 2.11. The topological polar surface area (TPSA) is 89.0 Å². The van der Waals surface area contributed by atoms with Gasteiger partial charge in [-0.25, -0.2) is 9.82 Å². The second-order valence-corrected chi connectivity index (χ2v) is 5.59. The molecule has 0 aromatic heterocycles. The van der Waals surface area contributed by atoms with Crippen molar-refractivity contribution in [1.29, 1.82) is 0 Å². The summed E-state index contributed by atoms with van der Waals surface area (Å²) in [6.07, 6.45) is -0.0242. The molecule has 0 bridgehead atoms. The van der Waals surface area contributed by atoms with E-state index in [-0.39, 0.29) is 18.1 Å². The van der Waals surface area contributed by atoms with Gasteiger partial charge in [-0.1, -0.05) is 0 Å². The summed E-state index contributed by atoms with van der Waals surface area (Å²) in [6.45, 7) is 1.61. The highest BCUT2D eigenvalue weighted by molar-refractivity contribution is 6.06. The molecule has 0 radical (unpaired) electrons. The Morgan fingerprint density at radius 2 is 1.70 bits per heavy atom. The van der Waals surface area contributed by atoms with E-state index >= 15 is 0 Å². The fourth-order valence-electron chi connectivity index (χ4n) is 2.20. The number of benzene rings is 2. The molecule has 7 nitrogen and oxygen atoms in total. The fraction of sp³-hybridized carbons (Fsp3) is 0.211. The molecule has 2 rings (SSSR count). The van der Waals surface area contributed by atoms with Gasteiger partial charge in [-0.05, 0) is 49.4 Å². The van der Waals surface area contributed by atoms with Crippen LogP contribution in [0.4, 0.5) is 10.1 Å². The summed E-state index contributed by atoms with van der Waals surface area (Å²) < 4.78 is 23.1. The van der Waals surface area contributed by atoms with Gasteiger partial charge in [0.05, 0.1) is 20.6 Å². The van der Waals surface area contributed by atoms with Crippen LogP contribution in [-0.2, 0) is 4.79 Å². The molecule has 2 aromatic carbocycles. The molecule has 0 atom stereocenters. The minimum atomic E-state index is -0.450. The number of amides is 2. The quantitative estimate of drug-likeness (QED) is 0.577. The summed E-state index contributed by atoms with van der Waals surface area (Å²) in [6, 6.07) is 10.1. The molecule has 0 unspecified atom stereocenters. The Hall–Kier alpha value is -3.42. The lowest BCUT2D eigenvalue weighted by atomic mass is 10.2. The maximum atomic E-state index is 12.9. The lowest BCUT2D eigenvalue weighted by molar-refractivity contribution is -0.115. The van der Waals surface area contributed by atoms with Crippen LogP contribution in [0, 0.1) is 5.82 Å². The van der Waals surface area contributed by atoms with Gasteiger partial charge in [0.15, 0.2) is 11.5 Å². The van der Waals surface area contributed by atoms with Crippen molar-refractivity contribution >= 4 is 23.2 Å². The first-order valence-corrected chi connectivity index (χ1v) is 8.04.